The molecule has 2 aromatic carbocycles. The molecule has 0 heterocycles. The maximum Gasteiger partial charge on any atom is 0.262 e. The molecule has 0 aromatic heterocycles. The molecule has 0 radical (unpaired) electrons. The van der Waals surface area contributed by atoms with Gasteiger partial charge in [0.1, 0.15) is 5.75 Å². The number of nitrogens with one attached hydrogen (secondary N) is 2. The molecule has 0 aliphatic carbocycles. The Kier molecular flexibility index (Phi) is 5.55. The van der Waals surface area contributed by atoms with Crippen LogP contribution in [0.25, 0.3) is 0 Å². The maximum absolute atomic E-state index is 11.8. The Balaban J connectivity index is 1.88. The number of halogens is 1. The number of carbonyl (C=O) groups is 2. The molecule has 0 aliphatic heterocycles. The van der Waals surface area contributed by atoms with E-state index in [2.05, 4.69) is 26.6 Å². The average Bonchev–Trinajstić information content (AvgIpc) is 2.47. The topological polar surface area (TPSA) is 67.4 Å². The molecule has 22 heavy (non-hydrogen) atoms. The number of carbonyl (C=O) groups excluding carboxylic acids is 2. The summed E-state index contributed by atoms with van der Waals surface area (Å²) in [6.45, 7) is 1.32. The van der Waals surface area contributed by atoms with E-state index in [0.717, 1.165) is 4.47 Å². The van der Waals surface area contributed by atoms with Crippen LogP contribution >= 0.6 is 15.9 Å². The molecule has 0 bridgehead atoms. The predicted molar refractivity (Wildman–Crippen MR) is 89.0 cm³/mol. The molecule has 6 heteroatoms. The van der Waals surface area contributed by atoms with E-state index in [-0.39, 0.29) is 18.4 Å². The van der Waals surface area contributed by atoms with Crippen LogP contribution in [-0.2, 0) is 9.59 Å². The third-order valence-corrected chi connectivity index (χ3v) is 3.18. The molecule has 0 atom stereocenters. The van der Waals surface area contributed by atoms with Gasteiger partial charge in [-0.2, -0.15) is 0 Å². The first kappa shape index (κ1) is 16.0. The molecule has 0 aliphatic rings. The molecular formula is C16H15BrN2O3. The van der Waals surface area contributed by atoms with Crippen molar-refractivity contribution in [3.05, 3.63) is 53.0 Å². The first-order chi connectivity index (χ1) is 10.5. The summed E-state index contributed by atoms with van der Waals surface area (Å²) in [4.78, 5) is 22.8. The van der Waals surface area contributed by atoms with Gasteiger partial charge in [-0.1, -0.05) is 22.0 Å². The SMILES string of the molecule is CC(=O)Nc1cccc(OCC(=O)Nc2ccc(Br)cc2)c1. The lowest BCUT2D eigenvalue weighted by Crippen LogP contribution is -2.20. The second-order valence-electron chi connectivity index (χ2n) is 4.55. The number of hydrogen-bond acceptors (Lipinski definition) is 3. The summed E-state index contributed by atoms with van der Waals surface area (Å²) < 4.78 is 6.35. The fourth-order valence-corrected chi connectivity index (χ4v) is 2.01. The largest absolute Gasteiger partial charge is 0.484 e. The van der Waals surface area contributed by atoms with Crippen molar-refractivity contribution in [2.75, 3.05) is 17.2 Å². The summed E-state index contributed by atoms with van der Waals surface area (Å²) in [5, 5.41) is 5.39. The Morgan fingerprint density at radius 3 is 2.45 bits per heavy atom. The molecule has 0 saturated heterocycles. The second-order valence-corrected chi connectivity index (χ2v) is 5.47. The molecular weight excluding hydrogens is 348 g/mol. The first-order valence-electron chi connectivity index (χ1n) is 6.59. The summed E-state index contributed by atoms with van der Waals surface area (Å²) in [6, 6.07) is 14.1. The monoisotopic (exact) mass is 362 g/mol. The number of hydrogen-bond donors (Lipinski definition) is 2. The van der Waals surface area contributed by atoms with Crippen molar-refractivity contribution in [2.24, 2.45) is 0 Å². The van der Waals surface area contributed by atoms with Gasteiger partial charge in [0.05, 0.1) is 0 Å². The van der Waals surface area contributed by atoms with Crippen molar-refractivity contribution >= 4 is 39.1 Å². The van der Waals surface area contributed by atoms with Gasteiger partial charge in [-0.25, -0.2) is 0 Å². The summed E-state index contributed by atoms with van der Waals surface area (Å²) in [5.74, 6) is 0.0922. The van der Waals surface area contributed by atoms with Crippen molar-refractivity contribution in [2.45, 2.75) is 6.92 Å². The van der Waals surface area contributed by atoms with Crippen LogP contribution in [0.15, 0.2) is 53.0 Å². The first-order valence-corrected chi connectivity index (χ1v) is 7.38. The number of rotatable bonds is 5. The summed E-state index contributed by atoms with van der Waals surface area (Å²) in [6.07, 6.45) is 0. The van der Waals surface area contributed by atoms with E-state index in [0.29, 0.717) is 17.1 Å². The summed E-state index contributed by atoms with van der Waals surface area (Å²) in [7, 11) is 0. The Hall–Kier alpha value is -2.34. The standard InChI is InChI=1S/C16H15BrN2O3/c1-11(20)18-14-3-2-4-15(9-14)22-10-16(21)19-13-7-5-12(17)6-8-13/h2-9H,10H2,1H3,(H,18,20)(H,19,21). The van der Waals surface area contributed by atoms with Gasteiger partial charge in [-0.15, -0.1) is 0 Å². The molecule has 0 spiro atoms. The van der Waals surface area contributed by atoms with E-state index in [1.54, 1.807) is 36.4 Å². The molecule has 2 aromatic rings. The van der Waals surface area contributed by atoms with Crippen molar-refractivity contribution in [3.63, 3.8) is 0 Å². The van der Waals surface area contributed by atoms with Gasteiger partial charge in [0.2, 0.25) is 5.91 Å². The zero-order valence-electron chi connectivity index (χ0n) is 11.9. The molecule has 2 amide bonds. The van der Waals surface area contributed by atoms with Gasteiger partial charge in [0, 0.05) is 28.8 Å². The minimum absolute atomic E-state index is 0.112. The molecule has 0 fully saturated rings. The van der Waals surface area contributed by atoms with Crippen LogP contribution in [0.2, 0.25) is 0 Å². The average molecular weight is 363 g/mol. The van der Waals surface area contributed by atoms with Crippen LogP contribution in [0.4, 0.5) is 11.4 Å². The highest BCUT2D eigenvalue weighted by atomic mass is 79.9. The second kappa shape index (κ2) is 7.61. The van der Waals surface area contributed by atoms with Gasteiger partial charge in [-0.3, -0.25) is 9.59 Å². The van der Waals surface area contributed by atoms with E-state index in [1.807, 2.05) is 12.1 Å². The highest BCUT2D eigenvalue weighted by Crippen LogP contribution is 2.17. The fraction of sp³-hybridized carbons (Fsp3) is 0.125. The van der Waals surface area contributed by atoms with Crippen molar-refractivity contribution in [1.29, 1.82) is 0 Å². The third kappa shape index (κ3) is 5.21. The fourth-order valence-electron chi connectivity index (χ4n) is 1.75. The summed E-state index contributed by atoms with van der Waals surface area (Å²) >= 11 is 3.33. The van der Waals surface area contributed by atoms with Crippen LogP contribution in [0.5, 0.6) is 5.75 Å². The third-order valence-electron chi connectivity index (χ3n) is 2.65. The van der Waals surface area contributed by atoms with E-state index in [9.17, 15) is 9.59 Å². The van der Waals surface area contributed by atoms with Gasteiger partial charge >= 0.3 is 0 Å². The minimum Gasteiger partial charge on any atom is -0.484 e. The molecule has 0 unspecified atom stereocenters. The van der Waals surface area contributed by atoms with Crippen LogP contribution in [0.3, 0.4) is 0 Å². The molecule has 114 valence electrons. The number of anilines is 2. The zero-order valence-corrected chi connectivity index (χ0v) is 13.5. The quantitative estimate of drug-likeness (QED) is 0.855. The van der Waals surface area contributed by atoms with E-state index in [4.69, 9.17) is 4.74 Å². The highest BCUT2D eigenvalue weighted by molar-refractivity contribution is 9.10. The normalized spacial score (nSPS) is 9.91. The van der Waals surface area contributed by atoms with Gasteiger partial charge in [0.15, 0.2) is 6.61 Å². The lowest BCUT2D eigenvalue weighted by atomic mass is 10.3. The van der Waals surface area contributed by atoms with Gasteiger partial charge < -0.3 is 15.4 Å². The zero-order chi connectivity index (χ0) is 15.9. The van der Waals surface area contributed by atoms with Crippen molar-refractivity contribution in [1.82, 2.24) is 0 Å². The van der Waals surface area contributed by atoms with Crippen LogP contribution < -0.4 is 15.4 Å². The predicted octanol–water partition coefficient (Wildman–Crippen LogP) is 3.43. The number of ether oxygens (including phenoxy) is 1. The van der Waals surface area contributed by atoms with E-state index >= 15 is 0 Å². The smallest absolute Gasteiger partial charge is 0.262 e. The number of benzene rings is 2. The molecule has 2 N–H and O–H groups in total. The van der Waals surface area contributed by atoms with Gasteiger partial charge in [-0.05, 0) is 36.4 Å². The van der Waals surface area contributed by atoms with E-state index in [1.165, 1.54) is 6.92 Å². The van der Waals surface area contributed by atoms with Gasteiger partial charge in [0.25, 0.3) is 5.91 Å². The molecule has 2 rings (SSSR count). The molecule has 0 saturated carbocycles. The van der Waals surface area contributed by atoms with Crippen LogP contribution in [0, 0.1) is 0 Å². The minimum atomic E-state index is -0.257. The van der Waals surface area contributed by atoms with Crippen LogP contribution in [0.1, 0.15) is 6.92 Å². The summed E-state index contributed by atoms with van der Waals surface area (Å²) in [5.41, 5.74) is 1.32. The maximum atomic E-state index is 11.8. The Morgan fingerprint density at radius 1 is 1.05 bits per heavy atom. The lowest BCUT2D eigenvalue weighted by Gasteiger charge is -2.09. The Labute approximate surface area is 136 Å². The molecule has 5 nitrogen and oxygen atoms in total. The van der Waals surface area contributed by atoms with E-state index < -0.39 is 0 Å². The Bertz CT molecular complexity index is 671. The number of amides is 2. The van der Waals surface area contributed by atoms with Crippen LogP contribution in [-0.4, -0.2) is 18.4 Å². The Morgan fingerprint density at radius 2 is 1.77 bits per heavy atom. The van der Waals surface area contributed by atoms with Crippen molar-refractivity contribution < 1.29 is 14.3 Å². The highest BCUT2D eigenvalue weighted by Gasteiger charge is 2.05. The lowest BCUT2D eigenvalue weighted by molar-refractivity contribution is -0.118. The van der Waals surface area contributed by atoms with Crippen molar-refractivity contribution in [3.8, 4) is 5.75 Å².